The maximum Gasteiger partial charge on any atom is 0.0547 e. The lowest BCUT2D eigenvalue weighted by atomic mass is 9.80. The highest BCUT2D eigenvalue weighted by Crippen LogP contribution is 2.48. The number of hydrogen-bond donors (Lipinski definition) is 0. The van der Waals surface area contributed by atoms with E-state index in [0.29, 0.717) is 5.92 Å². The van der Waals surface area contributed by atoms with Crippen molar-refractivity contribution in [3.05, 3.63) is 242 Å². The van der Waals surface area contributed by atoms with Crippen molar-refractivity contribution >= 4 is 49.6 Å². The van der Waals surface area contributed by atoms with Crippen LogP contribution in [0.15, 0.2) is 237 Å². The SMILES string of the molecule is c1ccc(-c2ccc(-c3ccccc3N(c3ccc(-c4ccc5c6ccccc6n(-c6ccccc6)c5c4)cc3)c3ccccc3-c3cccc4cccc(C5CCCCC5)c34)cc2)cc1. The van der Waals surface area contributed by atoms with Gasteiger partial charge in [0.05, 0.1) is 22.4 Å². The largest absolute Gasteiger partial charge is 0.309 e. The third kappa shape index (κ3) is 7.16. The average Bonchev–Trinajstić information content (AvgIpc) is 3.73. The quantitative estimate of drug-likeness (QED) is 0.140. The van der Waals surface area contributed by atoms with Crippen molar-refractivity contribution in [2.45, 2.75) is 38.0 Å². The minimum atomic E-state index is 0.576. The van der Waals surface area contributed by atoms with Gasteiger partial charge < -0.3 is 9.47 Å². The van der Waals surface area contributed by atoms with Crippen LogP contribution in [0, 0.1) is 0 Å². The molecule has 316 valence electrons. The van der Waals surface area contributed by atoms with E-state index in [2.05, 4.69) is 246 Å². The maximum absolute atomic E-state index is 2.50. The lowest BCUT2D eigenvalue weighted by molar-refractivity contribution is 0.445. The van der Waals surface area contributed by atoms with Gasteiger partial charge in [0, 0.05) is 33.3 Å². The summed E-state index contributed by atoms with van der Waals surface area (Å²) in [7, 11) is 0. The molecular formula is C64H50N2. The fourth-order valence-corrected chi connectivity index (χ4v) is 10.8. The second kappa shape index (κ2) is 17.2. The van der Waals surface area contributed by atoms with Crippen molar-refractivity contribution in [2.75, 3.05) is 4.90 Å². The first-order chi connectivity index (χ1) is 32.8. The van der Waals surface area contributed by atoms with Crippen LogP contribution in [0.25, 0.3) is 82.8 Å². The minimum Gasteiger partial charge on any atom is -0.309 e. The zero-order chi connectivity index (χ0) is 43.8. The van der Waals surface area contributed by atoms with Crippen LogP contribution in [0.1, 0.15) is 43.6 Å². The van der Waals surface area contributed by atoms with Gasteiger partial charge in [-0.15, -0.1) is 0 Å². The van der Waals surface area contributed by atoms with Crippen molar-refractivity contribution < 1.29 is 0 Å². The number of anilines is 3. The van der Waals surface area contributed by atoms with Crippen molar-refractivity contribution in [3.8, 4) is 50.2 Å². The molecule has 1 aliphatic rings. The molecule has 0 N–H and O–H groups in total. The van der Waals surface area contributed by atoms with Gasteiger partial charge in [0.25, 0.3) is 0 Å². The van der Waals surface area contributed by atoms with Crippen LogP contribution in [0.4, 0.5) is 17.1 Å². The molecule has 1 saturated carbocycles. The summed E-state index contributed by atoms with van der Waals surface area (Å²) in [5, 5.41) is 5.22. The van der Waals surface area contributed by atoms with Gasteiger partial charge in [-0.2, -0.15) is 0 Å². The Kier molecular flexibility index (Phi) is 10.3. The normalized spacial score (nSPS) is 13.1. The van der Waals surface area contributed by atoms with E-state index in [4.69, 9.17) is 0 Å². The molecule has 10 aromatic carbocycles. The van der Waals surface area contributed by atoms with Gasteiger partial charge in [-0.25, -0.2) is 0 Å². The first-order valence-electron chi connectivity index (χ1n) is 23.6. The van der Waals surface area contributed by atoms with Gasteiger partial charge in [0.2, 0.25) is 0 Å². The molecule has 0 radical (unpaired) electrons. The van der Waals surface area contributed by atoms with Gasteiger partial charge in [-0.05, 0) is 117 Å². The minimum absolute atomic E-state index is 0.576. The Hall–Kier alpha value is -7.94. The number of hydrogen-bond acceptors (Lipinski definition) is 1. The Morgan fingerprint density at radius 2 is 0.909 bits per heavy atom. The number of aromatic nitrogens is 1. The Morgan fingerprint density at radius 1 is 0.364 bits per heavy atom. The molecule has 0 amide bonds. The highest BCUT2D eigenvalue weighted by Gasteiger charge is 2.24. The first kappa shape index (κ1) is 39.6. The summed E-state index contributed by atoms with van der Waals surface area (Å²) in [5.41, 5.74) is 18.1. The predicted molar refractivity (Wildman–Crippen MR) is 281 cm³/mol. The summed E-state index contributed by atoms with van der Waals surface area (Å²) in [4.78, 5) is 2.50. The Labute approximate surface area is 387 Å². The molecule has 0 unspecified atom stereocenters. The van der Waals surface area contributed by atoms with E-state index in [1.807, 2.05) is 0 Å². The van der Waals surface area contributed by atoms with Gasteiger partial charge in [0.15, 0.2) is 0 Å². The number of benzene rings is 10. The molecule has 1 aliphatic carbocycles. The second-order valence-corrected chi connectivity index (χ2v) is 17.9. The Bertz CT molecular complexity index is 3480. The summed E-state index contributed by atoms with van der Waals surface area (Å²) in [6.07, 6.45) is 6.46. The van der Waals surface area contributed by atoms with Crippen molar-refractivity contribution in [1.82, 2.24) is 4.57 Å². The summed E-state index contributed by atoms with van der Waals surface area (Å²) < 4.78 is 2.40. The summed E-state index contributed by atoms with van der Waals surface area (Å²) in [6.45, 7) is 0. The third-order valence-electron chi connectivity index (χ3n) is 14.0. The van der Waals surface area contributed by atoms with Crippen LogP contribution in [0.2, 0.25) is 0 Å². The molecular weight excluding hydrogens is 797 g/mol. The van der Waals surface area contributed by atoms with E-state index in [9.17, 15) is 0 Å². The molecule has 0 saturated heterocycles. The summed E-state index contributed by atoms with van der Waals surface area (Å²) in [6, 6.07) is 87.2. The van der Waals surface area contributed by atoms with Crippen molar-refractivity contribution in [3.63, 3.8) is 0 Å². The second-order valence-electron chi connectivity index (χ2n) is 17.9. The molecule has 0 aliphatic heterocycles. The number of para-hydroxylation sites is 4. The third-order valence-corrected chi connectivity index (χ3v) is 14.0. The zero-order valence-electron chi connectivity index (χ0n) is 37.0. The highest BCUT2D eigenvalue weighted by molar-refractivity contribution is 6.10. The van der Waals surface area contributed by atoms with Crippen LogP contribution < -0.4 is 4.90 Å². The number of nitrogens with zero attached hydrogens (tertiary/aromatic N) is 2. The molecule has 11 aromatic rings. The van der Waals surface area contributed by atoms with E-state index in [1.165, 1.54) is 115 Å². The van der Waals surface area contributed by atoms with Crippen LogP contribution in [-0.2, 0) is 0 Å². The maximum atomic E-state index is 2.50. The van der Waals surface area contributed by atoms with E-state index < -0.39 is 0 Å². The Morgan fingerprint density at radius 3 is 1.68 bits per heavy atom. The van der Waals surface area contributed by atoms with E-state index in [0.717, 1.165) is 22.7 Å². The zero-order valence-corrected chi connectivity index (χ0v) is 37.0. The molecule has 0 spiro atoms. The first-order valence-corrected chi connectivity index (χ1v) is 23.6. The smallest absolute Gasteiger partial charge is 0.0547 e. The lowest BCUT2D eigenvalue weighted by Crippen LogP contribution is -2.12. The van der Waals surface area contributed by atoms with Crippen LogP contribution in [0.5, 0.6) is 0 Å². The van der Waals surface area contributed by atoms with Gasteiger partial charge in [0.1, 0.15) is 0 Å². The van der Waals surface area contributed by atoms with Gasteiger partial charge >= 0.3 is 0 Å². The predicted octanol–water partition coefficient (Wildman–Crippen LogP) is 18.1. The summed E-state index contributed by atoms with van der Waals surface area (Å²) in [5.74, 6) is 0.576. The molecule has 0 bridgehead atoms. The van der Waals surface area contributed by atoms with Crippen LogP contribution in [0.3, 0.4) is 0 Å². The van der Waals surface area contributed by atoms with Crippen LogP contribution in [-0.4, -0.2) is 4.57 Å². The highest BCUT2D eigenvalue weighted by atomic mass is 15.1. The fourth-order valence-electron chi connectivity index (χ4n) is 10.8. The standard InChI is InChI=1S/C64H50N2/c1-4-18-45(19-5-1)46-34-36-49(37-35-46)54-26-10-13-31-60(54)65(62-33-15-12-28-57(62)59-30-17-23-50-22-16-29-55(64(50)59)48-20-6-2-7-21-48)53-41-38-47(39-42-53)51-40-43-58-56-27-11-14-32-61(56)66(63(58)44-51)52-24-8-3-9-25-52/h1,3-5,8-19,22-44,48H,2,6-7,20-21H2. The molecule has 0 atom stereocenters. The Balaban J connectivity index is 1.02. The molecule has 12 rings (SSSR count). The van der Waals surface area contributed by atoms with Crippen molar-refractivity contribution in [1.29, 1.82) is 0 Å². The van der Waals surface area contributed by atoms with E-state index >= 15 is 0 Å². The molecule has 1 fully saturated rings. The van der Waals surface area contributed by atoms with Crippen LogP contribution >= 0.6 is 0 Å². The molecule has 1 aromatic heterocycles. The molecule has 1 heterocycles. The molecule has 66 heavy (non-hydrogen) atoms. The van der Waals surface area contributed by atoms with Gasteiger partial charge in [-0.3, -0.25) is 0 Å². The van der Waals surface area contributed by atoms with E-state index in [1.54, 1.807) is 0 Å². The topological polar surface area (TPSA) is 8.17 Å². The number of fused-ring (bicyclic) bond motifs is 4. The lowest BCUT2D eigenvalue weighted by Gasteiger charge is -2.31. The molecule has 2 heteroatoms. The van der Waals surface area contributed by atoms with E-state index in [-0.39, 0.29) is 0 Å². The van der Waals surface area contributed by atoms with Gasteiger partial charge in [-0.1, -0.05) is 207 Å². The monoisotopic (exact) mass is 846 g/mol. The fraction of sp³-hybridized carbons (Fsp3) is 0.0938. The molecule has 2 nitrogen and oxygen atoms in total. The number of rotatable bonds is 9. The van der Waals surface area contributed by atoms with Crippen molar-refractivity contribution in [2.24, 2.45) is 0 Å². The average molecular weight is 847 g/mol. The summed E-state index contributed by atoms with van der Waals surface area (Å²) >= 11 is 0.